The lowest BCUT2D eigenvalue weighted by Gasteiger charge is -2.30. The predicted molar refractivity (Wildman–Crippen MR) is 86.2 cm³/mol. The Labute approximate surface area is 137 Å². The van der Waals surface area contributed by atoms with Crippen molar-refractivity contribution in [1.29, 1.82) is 0 Å². The van der Waals surface area contributed by atoms with Gasteiger partial charge in [-0.1, -0.05) is 6.07 Å². The van der Waals surface area contributed by atoms with Crippen LogP contribution in [0.3, 0.4) is 0 Å². The molecule has 1 aliphatic heterocycles. The first-order valence-electron chi connectivity index (χ1n) is 8.34. The summed E-state index contributed by atoms with van der Waals surface area (Å²) >= 11 is 0. The molecule has 2 saturated carbocycles. The molecule has 7 heteroatoms. The summed E-state index contributed by atoms with van der Waals surface area (Å²) in [5.41, 5.74) is 1.41. The van der Waals surface area contributed by atoms with E-state index < -0.39 is 10.2 Å². The molecule has 4 rings (SSSR count). The van der Waals surface area contributed by atoms with Crippen LogP contribution in [-0.2, 0) is 10.2 Å². The van der Waals surface area contributed by atoms with Crippen molar-refractivity contribution in [3.8, 4) is 5.88 Å². The van der Waals surface area contributed by atoms with E-state index in [0.29, 0.717) is 31.5 Å². The van der Waals surface area contributed by atoms with Crippen LogP contribution < -0.4 is 9.88 Å². The van der Waals surface area contributed by atoms with Crippen LogP contribution in [0.2, 0.25) is 0 Å². The Kier molecular flexibility index (Phi) is 3.62. The second-order valence-corrected chi connectivity index (χ2v) is 8.74. The third kappa shape index (κ3) is 3.22. The lowest BCUT2D eigenvalue weighted by molar-refractivity contribution is 0.205. The van der Waals surface area contributed by atoms with E-state index in [1.165, 1.54) is 17.1 Å². The van der Waals surface area contributed by atoms with Crippen LogP contribution in [0.1, 0.15) is 43.7 Å². The molecule has 2 aliphatic carbocycles. The number of hydrogen-bond donors (Lipinski definition) is 1. The molecule has 0 amide bonds. The molecule has 1 spiro atoms. The monoisotopic (exact) mass is 337 g/mol. The molecule has 126 valence electrons. The van der Waals surface area contributed by atoms with Crippen molar-refractivity contribution >= 4 is 10.2 Å². The number of hydrogen-bond acceptors (Lipinski definition) is 4. The van der Waals surface area contributed by atoms with Gasteiger partial charge in [0.2, 0.25) is 5.88 Å². The van der Waals surface area contributed by atoms with Gasteiger partial charge in [-0.25, -0.2) is 10.1 Å². The molecule has 0 radical (unpaired) electrons. The summed E-state index contributed by atoms with van der Waals surface area (Å²) < 4.78 is 30.0. The smallest absolute Gasteiger partial charge is 0.276 e. The van der Waals surface area contributed by atoms with Gasteiger partial charge in [-0.15, -0.1) is 0 Å². The van der Waals surface area contributed by atoms with E-state index in [1.807, 2.05) is 12.1 Å². The first kappa shape index (κ1) is 15.4. The lowest BCUT2D eigenvalue weighted by Crippen LogP contribution is -2.43. The van der Waals surface area contributed by atoms with Crippen LogP contribution in [0.25, 0.3) is 0 Å². The van der Waals surface area contributed by atoms with Crippen LogP contribution in [-0.4, -0.2) is 37.4 Å². The molecule has 3 aliphatic rings. The number of piperidine rings is 1. The van der Waals surface area contributed by atoms with Crippen LogP contribution in [0.4, 0.5) is 0 Å². The topological polar surface area (TPSA) is 85.5 Å². The highest BCUT2D eigenvalue weighted by atomic mass is 32.2. The maximum atomic E-state index is 11.4. The van der Waals surface area contributed by atoms with E-state index in [4.69, 9.17) is 9.88 Å². The summed E-state index contributed by atoms with van der Waals surface area (Å²) in [4.78, 5) is 4.59. The number of nitrogens with two attached hydrogens (primary N) is 1. The standard InChI is InChI=1S/C16H23N3O3S/c17-23(20,21)19-8-6-16(7-9-19)10-13(16)11-22-15-3-1-2-14(18-15)12-4-5-12/h1-3,12-13H,4-11H2,(H2,17,20,21). The molecular weight excluding hydrogens is 314 g/mol. The SMILES string of the molecule is NS(=O)(=O)N1CCC2(CC1)CC2COc1cccc(C2CC2)n1. The second kappa shape index (κ2) is 5.43. The van der Waals surface area contributed by atoms with Gasteiger partial charge >= 0.3 is 0 Å². The normalized spacial score (nSPS) is 27.1. The summed E-state index contributed by atoms with van der Waals surface area (Å²) in [6.07, 6.45) is 5.36. The fourth-order valence-corrected chi connectivity index (χ4v) is 4.46. The summed E-state index contributed by atoms with van der Waals surface area (Å²) in [5, 5.41) is 5.20. The molecule has 1 unspecified atom stereocenters. The van der Waals surface area contributed by atoms with Crippen molar-refractivity contribution in [2.24, 2.45) is 16.5 Å². The third-order valence-electron chi connectivity index (χ3n) is 5.61. The molecule has 1 aromatic rings. The Bertz CT molecular complexity index is 694. The Hall–Kier alpha value is -1.18. The summed E-state index contributed by atoms with van der Waals surface area (Å²) in [6, 6.07) is 6.01. The molecule has 1 atom stereocenters. The highest BCUT2D eigenvalue weighted by molar-refractivity contribution is 7.86. The Balaban J connectivity index is 1.30. The second-order valence-electron chi connectivity index (χ2n) is 7.19. The van der Waals surface area contributed by atoms with Gasteiger partial charge < -0.3 is 4.74 Å². The van der Waals surface area contributed by atoms with E-state index in [0.717, 1.165) is 30.8 Å². The first-order chi connectivity index (χ1) is 11.0. The molecule has 3 fully saturated rings. The molecule has 1 aromatic heterocycles. The molecule has 0 aromatic carbocycles. The number of aromatic nitrogens is 1. The van der Waals surface area contributed by atoms with Gasteiger partial charge in [0.15, 0.2) is 0 Å². The molecule has 0 bridgehead atoms. The van der Waals surface area contributed by atoms with Gasteiger partial charge in [0.25, 0.3) is 10.2 Å². The van der Waals surface area contributed by atoms with E-state index in [2.05, 4.69) is 11.1 Å². The Morgan fingerprint density at radius 2 is 2.04 bits per heavy atom. The average Bonchev–Trinajstić information content (AvgIpc) is 3.42. The fraction of sp³-hybridized carbons (Fsp3) is 0.688. The number of ether oxygens (including phenoxy) is 1. The Morgan fingerprint density at radius 3 is 2.70 bits per heavy atom. The zero-order chi connectivity index (χ0) is 16.1. The molecule has 2 heterocycles. The van der Waals surface area contributed by atoms with E-state index in [-0.39, 0.29) is 5.41 Å². The van der Waals surface area contributed by atoms with Crippen molar-refractivity contribution in [2.45, 2.75) is 38.0 Å². The molecule has 23 heavy (non-hydrogen) atoms. The predicted octanol–water partition coefficient (Wildman–Crippen LogP) is 1.64. The largest absolute Gasteiger partial charge is 0.477 e. The van der Waals surface area contributed by atoms with Gasteiger partial charge in [0, 0.05) is 30.8 Å². The maximum Gasteiger partial charge on any atom is 0.276 e. The van der Waals surface area contributed by atoms with Crippen molar-refractivity contribution in [3.05, 3.63) is 23.9 Å². The van der Waals surface area contributed by atoms with Crippen LogP contribution in [0, 0.1) is 11.3 Å². The van der Waals surface area contributed by atoms with Gasteiger partial charge in [-0.2, -0.15) is 12.7 Å². The fourth-order valence-electron chi connectivity index (χ4n) is 3.77. The minimum atomic E-state index is -3.54. The van der Waals surface area contributed by atoms with Gasteiger partial charge in [0.1, 0.15) is 0 Å². The number of pyridine rings is 1. The quantitative estimate of drug-likeness (QED) is 0.885. The van der Waals surface area contributed by atoms with Crippen molar-refractivity contribution in [3.63, 3.8) is 0 Å². The van der Waals surface area contributed by atoms with Crippen LogP contribution >= 0.6 is 0 Å². The molecule has 6 nitrogen and oxygen atoms in total. The van der Waals surface area contributed by atoms with Gasteiger partial charge in [0.05, 0.1) is 6.61 Å². The maximum absolute atomic E-state index is 11.4. The first-order valence-corrected chi connectivity index (χ1v) is 9.84. The highest BCUT2D eigenvalue weighted by Gasteiger charge is 2.55. The minimum absolute atomic E-state index is 0.259. The van der Waals surface area contributed by atoms with Gasteiger partial charge in [-0.3, -0.25) is 0 Å². The molecule has 2 N–H and O–H groups in total. The minimum Gasteiger partial charge on any atom is -0.477 e. The third-order valence-corrected chi connectivity index (χ3v) is 6.69. The summed E-state index contributed by atoms with van der Waals surface area (Å²) in [5.74, 6) is 1.86. The lowest BCUT2D eigenvalue weighted by atomic mass is 9.92. The van der Waals surface area contributed by atoms with Crippen LogP contribution in [0.15, 0.2) is 18.2 Å². The zero-order valence-corrected chi connectivity index (χ0v) is 14.0. The van der Waals surface area contributed by atoms with E-state index in [9.17, 15) is 8.42 Å². The van der Waals surface area contributed by atoms with E-state index in [1.54, 1.807) is 0 Å². The van der Waals surface area contributed by atoms with Crippen molar-refractivity contribution < 1.29 is 13.2 Å². The van der Waals surface area contributed by atoms with Gasteiger partial charge in [-0.05, 0) is 49.5 Å². The molecule has 1 saturated heterocycles. The summed E-state index contributed by atoms with van der Waals surface area (Å²) in [7, 11) is -3.54. The zero-order valence-electron chi connectivity index (χ0n) is 13.1. The number of nitrogens with zero attached hydrogens (tertiary/aromatic N) is 2. The Morgan fingerprint density at radius 1 is 1.30 bits per heavy atom. The number of rotatable bonds is 5. The highest BCUT2D eigenvalue weighted by Crippen LogP contribution is 2.59. The van der Waals surface area contributed by atoms with E-state index >= 15 is 0 Å². The summed E-state index contributed by atoms with van der Waals surface area (Å²) in [6.45, 7) is 1.74. The van der Waals surface area contributed by atoms with Crippen molar-refractivity contribution in [2.75, 3.05) is 19.7 Å². The molecular formula is C16H23N3O3S. The average molecular weight is 337 g/mol. The van der Waals surface area contributed by atoms with Crippen molar-refractivity contribution in [1.82, 2.24) is 9.29 Å². The van der Waals surface area contributed by atoms with Crippen LogP contribution in [0.5, 0.6) is 5.88 Å².